The molecule has 116 valence electrons. The summed E-state index contributed by atoms with van der Waals surface area (Å²) in [5, 5.41) is 4.77. The summed E-state index contributed by atoms with van der Waals surface area (Å²) in [5.41, 5.74) is 7.75. The molecule has 2 unspecified atom stereocenters. The van der Waals surface area contributed by atoms with Gasteiger partial charge in [-0.25, -0.2) is 0 Å². The van der Waals surface area contributed by atoms with E-state index in [1.165, 1.54) is 50.5 Å². The first-order chi connectivity index (χ1) is 10.1. The van der Waals surface area contributed by atoms with Gasteiger partial charge in [-0.15, -0.1) is 0 Å². The van der Waals surface area contributed by atoms with E-state index in [2.05, 4.69) is 30.4 Å². The molecule has 0 spiro atoms. The van der Waals surface area contributed by atoms with Gasteiger partial charge in [-0.3, -0.25) is 0 Å². The summed E-state index contributed by atoms with van der Waals surface area (Å²) in [6, 6.07) is 10.2. The fourth-order valence-electron chi connectivity index (χ4n) is 4.08. The maximum absolute atomic E-state index is 6.20. The van der Waals surface area contributed by atoms with E-state index in [0.29, 0.717) is 23.5 Å². The molecule has 0 saturated heterocycles. The molecule has 3 heteroatoms. The van der Waals surface area contributed by atoms with Gasteiger partial charge < -0.3 is 11.1 Å². The first-order valence-electron chi connectivity index (χ1n) is 8.42. The zero-order valence-corrected chi connectivity index (χ0v) is 13.7. The van der Waals surface area contributed by atoms with E-state index in [4.69, 9.17) is 17.3 Å². The van der Waals surface area contributed by atoms with Gasteiger partial charge in [0.05, 0.1) is 0 Å². The molecule has 0 heterocycles. The van der Waals surface area contributed by atoms with Gasteiger partial charge in [0.2, 0.25) is 0 Å². The summed E-state index contributed by atoms with van der Waals surface area (Å²) < 4.78 is 0. The van der Waals surface area contributed by atoms with E-state index in [0.717, 1.165) is 5.02 Å². The lowest BCUT2D eigenvalue weighted by molar-refractivity contribution is 0.331. The molecule has 2 atom stereocenters. The van der Waals surface area contributed by atoms with Gasteiger partial charge in [0, 0.05) is 28.6 Å². The second-order valence-electron chi connectivity index (χ2n) is 6.95. The van der Waals surface area contributed by atoms with Crippen molar-refractivity contribution < 1.29 is 0 Å². The molecule has 2 nitrogen and oxygen atoms in total. The van der Waals surface area contributed by atoms with Crippen LogP contribution in [0.1, 0.15) is 57.4 Å². The molecule has 0 aromatic heterocycles. The van der Waals surface area contributed by atoms with Crippen LogP contribution in [0.4, 0.5) is 0 Å². The molecule has 2 fully saturated rings. The molecule has 2 saturated carbocycles. The molecule has 0 aliphatic heterocycles. The molecular formula is C18H27ClN2. The van der Waals surface area contributed by atoms with Crippen LogP contribution in [-0.2, 0) is 5.41 Å². The van der Waals surface area contributed by atoms with Crippen LogP contribution >= 0.6 is 11.6 Å². The standard InChI is InChI=1S/C18H27ClN2/c1-2-10-18(13-4-3-5-14(19)11-13)12-17(18)21-16-8-6-15(20)7-9-16/h3-5,11,15-17,21H,2,6-10,12,20H2,1H3. The number of nitrogens with two attached hydrogens (primary N) is 1. The van der Waals surface area contributed by atoms with E-state index >= 15 is 0 Å². The normalized spacial score (nSPS) is 35.7. The molecule has 21 heavy (non-hydrogen) atoms. The first kappa shape index (κ1) is 15.3. The Morgan fingerprint density at radius 2 is 2.05 bits per heavy atom. The second-order valence-corrected chi connectivity index (χ2v) is 7.39. The smallest absolute Gasteiger partial charge is 0.0408 e. The van der Waals surface area contributed by atoms with Crippen LogP contribution in [-0.4, -0.2) is 18.1 Å². The maximum atomic E-state index is 6.20. The predicted octanol–water partition coefficient (Wildman–Crippen LogP) is 4.01. The van der Waals surface area contributed by atoms with Crippen LogP contribution in [0, 0.1) is 0 Å². The van der Waals surface area contributed by atoms with Crippen LogP contribution in [0.3, 0.4) is 0 Å². The summed E-state index contributed by atoms with van der Waals surface area (Å²) in [4.78, 5) is 0. The Bertz CT molecular complexity index is 482. The van der Waals surface area contributed by atoms with Gasteiger partial charge in [0.15, 0.2) is 0 Å². The van der Waals surface area contributed by atoms with Crippen molar-refractivity contribution in [3.63, 3.8) is 0 Å². The van der Waals surface area contributed by atoms with Crippen molar-refractivity contribution in [2.75, 3.05) is 0 Å². The van der Waals surface area contributed by atoms with Crippen molar-refractivity contribution in [1.29, 1.82) is 0 Å². The first-order valence-corrected chi connectivity index (χ1v) is 8.79. The quantitative estimate of drug-likeness (QED) is 0.862. The summed E-state index contributed by atoms with van der Waals surface area (Å²) in [7, 11) is 0. The summed E-state index contributed by atoms with van der Waals surface area (Å²) in [6.45, 7) is 2.28. The van der Waals surface area contributed by atoms with Gasteiger partial charge in [-0.1, -0.05) is 37.1 Å². The van der Waals surface area contributed by atoms with Crippen LogP contribution in [0.15, 0.2) is 24.3 Å². The lowest BCUT2D eigenvalue weighted by Gasteiger charge is -2.28. The molecule has 1 aromatic carbocycles. The Morgan fingerprint density at radius 3 is 2.71 bits per heavy atom. The lowest BCUT2D eigenvalue weighted by Crippen LogP contribution is -2.40. The molecule has 0 radical (unpaired) electrons. The van der Waals surface area contributed by atoms with Gasteiger partial charge in [-0.05, 0) is 56.2 Å². The number of hydrogen-bond donors (Lipinski definition) is 2. The van der Waals surface area contributed by atoms with Crippen molar-refractivity contribution in [2.45, 2.75) is 75.4 Å². The van der Waals surface area contributed by atoms with Crippen molar-refractivity contribution in [1.82, 2.24) is 5.32 Å². The third-order valence-electron chi connectivity index (χ3n) is 5.38. The van der Waals surface area contributed by atoms with E-state index in [-0.39, 0.29) is 0 Å². The largest absolute Gasteiger partial charge is 0.328 e. The van der Waals surface area contributed by atoms with Crippen LogP contribution in [0.5, 0.6) is 0 Å². The van der Waals surface area contributed by atoms with Crippen molar-refractivity contribution >= 4 is 11.6 Å². The van der Waals surface area contributed by atoms with Gasteiger partial charge in [0.1, 0.15) is 0 Å². The summed E-state index contributed by atoms with van der Waals surface area (Å²) in [6.07, 6.45) is 8.52. The molecule has 0 amide bonds. The summed E-state index contributed by atoms with van der Waals surface area (Å²) >= 11 is 6.20. The fourth-order valence-corrected chi connectivity index (χ4v) is 4.27. The molecule has 3 N–H and O–H groups in total. The Labute approximate surface area is 133 Å². The van der Waals surface area contributed by atoms with Gasteiger partial charge >= 0.3 is 0 Å². The number of halogens is 1. The van der Waals surface area contributed by atoms with Crippen molar-refractivity contribution in [2.24, 2.45) is 5.73 Å². The predicted molar refractivity (Wildman–Crippen MR) is 89.8 cm³/mol. The number of hydrogen-bond acceptors (Lipinski definition) is 2. The zero-order chi connectivity index (χ0) is 14.9. The minimum Gasteiger partial charge on any atom is -0.328 e. The monoisotopic (exact) mass is 306 g/mol. The van der Waals surface area contributed by atoms with Crippen LogP contribution < -0.4 is 11.1 Å². The third kappa shape index (κ3) is 3.28. The van der Waals surface area contributed by atoms with Crippen LogP contribution in [0.25, 0.3) is 0 Å². The number of benzene rings is 1. The number of rotatable bonds is 5. The number of nitrogens with one attached hydrogen (secondary N) is 1. The van der Waals surface area contributed by atoms with Crippen molar-refractivity contribution in [3.8, 4) is 0 Å². The highest BCUT2D eigenvalue weighted by molar-refractivity contribution is 6.30. The minimum absolute atomic E-state index is 0.319. The molecule has 2 aliphatic rings. The highest BCUT2D eigenvalue weighted by Gasteiger charge is 2.54. The maximum Gasteiger partial charge on any atom is 0.0408 e. The zero-order valence-electron chi connectivity index (χ0n) is 12.9. The van der Waals surface area contributed by atoms with Gasteiger partial charge in [-0.2, -0.15) is 0 Å². The third-order valence-corrected chi connectivity index (χ3v) is 5.61. The highest BCUT2D eigenvalue weighted by Crippen LogP contribution is 2.52. The molecule has 0 bridgehead atoms. The topological polar surface area (TPSA) is 38.0 Å². The van der Waals surface area contributed by atoms with Crippen molar-refractivity contribution in [3.05, 3.63) is 34.9 Å². The minimum atomic E-state index is 0.319. The molecule has 1 aromatic rings. The Balaban J connectivity index is 1.67. The SMILES string of the molecule is CCCC1(c2cccc(Cl)c2)CC1NC1CCC(N)CC1. The molecule has 2 aliphatic carbocycles. The fraction of sp³-hybridized carbons (Fsp3) is 0.667. The second kappa shape index (κ2) is 6.28. The summed E-state index contributed by atoms with van der Waals surface area (Å²) in [5.74, 6) is 0. The average molecular weight is 307 g/mol. The Morgan fingerprint density at radius 1 is 1.29 bits per heavy atom. The van der Waals surface area contributed by atoms with E-state index in [1.807, 2.05) is 6.07 Å². The van der Waals surface area contributed by atoms with E-state index < -0.39 is 0 Å². The lowest BCUT2D eigenvalue weighted by atomic mass is 9.89. The Hall–Kier alpha value is -0.570. The van der Waals surface area contributed by atoms with E-state index in [9.17, 15) is 0 Å². The Kier molecular flexibility index (Phi) is 4.58. The molecular weight excluding hydrogens is 280 g/mol. The molecule has 3 rings (SSSR count). The van der Waals surface area contributed by atoms with Crippen LogP contribution in [0.2, 0.25) is 5.02 Å². The van der Waals surface area contributed by atoms with Gasteiger partial charge in [0.25, 0.3) is 0 Å². The highest BCUT2D eigenvalue weighted by atomic mass is 35.5. The average Bonchev–Trinajstić information content (AvgIpc) is 3.16. The van der Waals surface area contributed by atoms with E-state index in [1.54, 1.807) is 0 Å².